The van der Waals surface area contributed by atoms with Crippen molar-refractivity contribution in [2.75, 3.05) is 11.9 Å². The first-order valence-corrected chi connectivity index (χ1v) is 6.35. The van der Waals surface area contributed by atoms with Crippen LogP contribution in [0, 0.1) is 5.92 Å². The Morgan fingerprint density at radius 1 is 1.33 bits per heavy atom. The average Bonchev–Trinajstić information content (AvgIpc) is 2.46. The highest BCUT2D eigenvalue weighted by molar-refractivity contribution is 6.01. The molecule has 0 atom stereocenters. The molecule has 0 aromatic heterocycles. The standard InChI is InChI=1S/C14H15NO3/c16-13-6-7-18-12-5-4-10(8-11(12)15-13)14(17)9-2-1-3-9/h4-5,8-9H,1-3,6-7H2,(H,15,16). The predicted octanol–water partition coefficient (Wildman–Crippen LogP) is 2.39. The number of anilines is 1. The molecule has 0 spiro atoms. The lowest BCUT2D eigenvalue weighted by molar-refractivity contribution is -0.116. The van der Waals surface area contributed by atoms with Gasteiger partial charge in [0, 0.05) is 11.5 Å². The van der Waals surface area contributed by atoms with Crippen molar-refractivity contribution in [1.29, 1.82) is 0 Å². The fraction of sp³-hybridized carbons (Fsp3) is 0.429. The molecule has 3 rings (SSSR count). The summed E-state index contributed by atoms with van der Waals surface area (Å²) < 4.78 is 5.46. The van der Waals surface area contributed by atoms with E-state index in [1.54, 1.807) is 18.2 Å². The highest BCUT2D eigenvalue weighted by atomic mass is 16.5. The molecule has 0 radical (unpaired) electrons. The van der Waals surface area contributed by atoms with Gasteiger partial charge in [-0.05, 0) is 31.0 Å². The maximum Gasteiger partial charge on any atom is 0.227 e. The molecule has 0 bridgehead atoms. The van der Waals surface area contributed by atoms with Gasteiger partial charge in [-0.3, -0.25) is 9.59 Å². The van der Waals surface area contributed by atoms with Gasteiger partial charge in [-0.1, -0.05) is 6.42 Å². The summed E-state index contributed by atoms with van der Waals surface area (Å²) in [5, 5.41) is 2.78. The Kier molecular flexibility index (Phi) is 2.78. The van der Waals surface area contributed by atoms with Gasteiger partial charge in [0.05, 0.1) is 18.7 Å². The third-order valence-corrected chi connectivity index (χ3v) is 3.60. The van der Waals surface area contributed by atoms with Gasteiger partial charge >= 0.3 is 0 Å². The van der Waals surface area contributed by atoms with Gasteiger partial charge in [0.25, 0.3) is 0 Å². The van der Waals surface area contributed by atoms with E-state index >= 15 is 0 Å². The molecule has 0 saturated heterocycles. The topological polar surface area (TPSA) is 55.4 Å². The highest BCUT2D eigenvalue weighted by Crippen LogP contribution is 2.33. The Balaban J connectivity index is 1.89. The molecule has 2 aliphatic rings. The fourth-order valence-electron chi connectivity index (χ4n) is 2.28. The van der Waals surface area contributed by atoms with Crippen LogP contribution in [0.1, 0.15) is 36.0 Å². The lowest BCUT2D eigenvalue weighted by Crippen LogP contribution is -2.22. The SMILES string of the molecule is O=C1CCOc2ccc(C(=O)C3CCC3)cc2N1. The molecule has 0 unspecified atom stereocenters. The maximum atomic E-state index is 12.1. The largest absolute Gasteiger partial charge is 0.491 e. The zero-order valence-corrected chi connectivity index (χ0v) is 10.1. The van der Waals surface area contributed by atoms with E-state index in [0.717, 1.165) is 19.3 Å². The van der Waals surface area contributed by atoms with Crippen LogP contribution in [-0.2, 0) is 4.79 Å². The average molecular weight is 245 g/mol. The van der Waals surface area contributed by atoms with Crippen molar-refractivity contribution in [2.24, 2.45) is 5.92 Å². The number of benzene rings is 1. The lowest BCUT2D eigenvalue weighted by atomic mass is 9.80. The van der Waals surface area contributed by atoms with Crippen LogP contribution in [0.25, 0.3) is 0 Å². The van der Waals surface area contributed by atoms with E-state index in [-0.39, 0.29) is 17.6 Å². The maximum absolute atomic E-state index is 12.1. The van der Waals surface area contributed by atoms with E-state index in [0.29, 0.717) is 30.0 Å². The first-order valence-electron chi connectivity index (χ1n) is 6.35. The van der Waals surface area contributed by atoms with Gasteiger partial charge in [-0.25, -0.2) is 0 Å². The van der Waals surface area contributed by atoms with Gasteiger partial charge in [0.15, 0.2) is 5.78 Å². The Hall–Kier alpha value is -1.84. The first-order chi connectivity index (χ1) is 8.74. The quantitative estimate of drug-likeness (QED) is 0.814. The molecular weight excluding hydrogens is 230 g/mol. The van der Waals surface area contributed by atoms with Gasteiger partial charge < -0.3 is 10.1 Å². The fourth-order valence-corrected chi connectivity index (χ4v) is 2.28. The van der Waals surface area contributed by atoms with Crippen LogP contribution in [-0.4, -0.2) is 18.3 Å². The van der Waals surface area contributed by atoms with Gasteiger partial charge in [0.2, 0.25) is 5.91 Å². The molecule has 1 aromatic rings. The van der Waals surface area contributed by atoms with Crippen LogP contribution < -0.4 is 10.1 Å². The number of ketones is 1. The molecule has 1 aliphatic carbocycles. The Labute approximate surface area is 105 Å². The van der Waals surface area contributed by atoms with E-state index in [9.17, 15) is 9.59 Å². The molecule has 1 heterocycles. The van der Waals surface area contributed by atoms with Crippen LogP contribution in [0.4, 0.5) is 5.69 Å². The number of rotatable bonds is 2. The number of nitrogens with one attached hydrogen (secondary N) is 1. The molecule has 1 aliphatic heterocycles. The van der Waals surface area contributed by atoms with Crippen LogP contribution in [0.2, 0.25) is 0 Å². The first kappa shape index (κ1) is 11.3. The Morgan fingerprint density at radius 2 is 2.17 bits per heavy atom. The van der Waals surface area contributed by atoms with Crippen LogP contribution in [0.15, 0.2) is 18.2 Å². The number of carbonyl (C=O) groups excluding carboxylic acids is 2. The van der Waals surface area contributed by atoms with Crippen molar-refractivity contribution in [2.45, 2.75) is 25.7 Å². The molecule has 1 saturated carbocycles. The molecule has 1 aromatic carbocycles. The number of carbonyl (C=O) groups is 2. The zero-order chi connectivity index (χ0) is 12.5. The second kappa shape index (κ2) is 4.44. The van der Waals surface area contributed by atoms with E-state index in [1.807, 2.05) is 0 Å². The van der Waals surface area contributed by atoms with Crippen molar-refractivity contribution in [1.82, 2.24) is 0 Å². The summed E-state index contributed by atoms with van der Waals surface area (Å²) in [6, 6.07) is 5.29. The summed E-state index contributed by atoms with van der Waals surface area (Å²) in [6.07, 6.45) is 3.46. The summed E-state index contributed by atoms with van der Waals surface area (Å²) in [6.45, 7) is 0.384. The van der Waals surface area contributed by atoms with Crippen molar-refractivity contribution in [3.63, 3.8) is 0 Å². The Bertz CT molecular complexity index is 506. The minimum atomic E-state index is -0.0676. The smallest absolute Gasteiger partial charge is 0.227 e. The monoisotopic (exact) mass is 245 g/mol. The van der Waals surface area contributed by atoms with Crippen molar-refractivity contribution in [3.8, 4) is 5.75 Å². The number of hydrogen-bond acceptors (Lipinski definition) is 3. The van der Waals surface area contributed by atoms with E-state index in [1.165, 1.54) is 0 Å². The van der Waals surface area contributed by atoms with Crippen LogP contribution in [0.5, 0.6) is 5.75 Å². The van der Waals surface area contributed by atoms with Gasteiger partial charge in [-0.15, -0.1) is 0 Å². The minimum absolute atomic E-state index is 0.0676. The van der Waals surface area contributed by atoms with E-state index in [4.69, 9.17) is 4.74 Å². The van der Waals surface area contributed by atoms with Crippen molar-refractivity contribution >= 4 is 17.4 Å². The molecule has 1 amide bonds. The van der Waals surface area contributed by atoms with Crippen molar-refractivity contribution < 1.29 is 14.3 Å². The minimum Gasteiger partial charge on any atom is -0.491 e. The normalized spacial score (nSPS) is 19.0. The van der Waals surface area contributed by atoms with E-state index < -0.39 is 0 Å². The summed E-state index contributed by atoms with van der Waals surface area (Å²) >= 11 is 0. The second-order valence-corrected chi connectivity index (χ2v) is 4.85. The molecule has 18 heavy (non-hydrogen) atoms. The number of Topliss-reactive ketones (excluding diaryl/α,β-unsaturated/α-hetero) is 1. The summed E-state index contributed by atoms with van der Waals surface area (Å²) in [5.74, 6) is 0.931. The molecule has 1 fully saturated rings. The molecule has 1 N–H and O–H groups in total. The van der Waals surface area contributed by atoms with E-state index in [2.05, 4.69) is 5.32 Å². The van der Waals surface area contributed by atoms with Crippen LogP contribution in [0.3, 0.4) is 0 Å². The Morgan fingerprint density at radius 3 is 2.89 bits per heavy atom. The number of ether oxygens (including phenoxy) is 1. The summed E-state index contributed by atoms with van der Waals surface area (Å²) in [5.41, 5.74) is 1.28. The number of amides is 1. The molecule has 4 heteroatoms. The molecule has 4 nitrogen and oxygen atoms in total. The number of hydrogen-bond donors (Lipinski definition) is 1. The third kappa shape index (κ3) is 1.98. The highest BCUT2D eigenvalue weighted by Gasteiger charge is 2.27. The van der Waals surface area contributed by atoms with Crippen LogP contribution >= 0.6 is 0 Å². The number of fused-ring (bicyclic) bond motifs is 1. The van der Waals surface area contributed by atoms with Gasteiger partial charge in [0.1, 0.15) is 5.75 Å². The van der Waals surface area contributed by atoms with Crippen molar-refractivity contribution in [3.05, 3.63) is 23.8 Å². The third-order valence-electron chi connectivity index (χ3n) is 3.60. The second-order valence-electron chi connectivity index (χ2n) is 4.85. The predicted molar refractivity (Wildman–Crippen MR) is 66.9 cm³/mol. The zero-order valence-electron chi connectivity index (χ0n) is 10.1. The molecular formula is C14H15NO3. The summed E-state index contributed by atoms with van der Waals surface area (Å²) in [4.78, 5) is 23.6. The summed E-state index contributed by atoms with van der Waals surface area (Å²) in [7, 11) is 0. The molecule has 94 valence electrons. The lowest BCUT2D eigenvalue weighted by Gasteiger charge is -2.24. The van der Waals surface area contributed by atoms with Gasteiger partial charge in [-0.2, -0.15) is 0 Å².